The Hall–Kier alpha value is -2.68. The van der Waals surface area contributed by atoms with Gasteiger partial charge in [-0.15, -0.1) is 0 Å². The fraction of sp³-hybridized carbons (Fsp3) is 0.556. The van der Waals surface area contributed by atoms with Crippen molar-refractivity contribution in [3.8, 4) is 5.75 Å². The lowest BCUT2D eigenvalue weighted by Gasteiger charge is -2.26. The van der Waals surface area contributed by atoms with Crippen LogP contribution in [0.5, 0.6) is 5.75 Å². The lowest BCUT2D eigenvalue weighted by atomic mass is 10.1. The largest absolute Gasteiger partial charge is 0.496 e. The molecule has 27 heavy (non-hydrogen) atoms. The van der Waals surface area contributed by atoms with Crippen LogP contribution in [0.1, 0.15) is 32.1 Å². The fourth-order valence-corrected chi connectivity index (χ4v) is 3.32. The molecule has 1 fully saturated rings. The summed E-state index contributed by atoms with van der Waals surface area (Å²) in [5.41, 5.74) is -0.180. The highest BCUT2D eigenvalue weighted by Gasteiger charge is 2.34. The average molecular weight is 380 g/mol. The van der Waals surface area contributed by atoms with Crippen molar-refractivity contribution < 1.29 is 28.9 Å². The van der Waals surface area contributed by atoms with Crippen molar-refractivity contribution in [3.05, 3.63) is 28.3 Å². The van der Waals surface area contributed by atoms with Crippen LogP contribution in [0, 0.1) is 10.1 Å². The van der Waals surface area contributed by atoms with Crippen molar-refractivity contribution in [2.75, 3.05) is 32.6 Å². The van der Waals surface area contributed by atoms with Gasteiger partial charge in [-0.1, -0.05) is 0 Å². The van der Waals surface area contributed by atoms with Crippen molar-refractivity contribution >= 4 is 23.3 Å². The molecule has 0 aliphatic carbocycles. The summed E-state index contributed by atoms with van der Waals surface area (Å²) in [6, 6.07) is 3.57. The van der Waals surface area contributed by atoms with Crippen molar-refractivity contribution in [2.24, 2.45) is 0 Å². The van der Waals surface area contributed by atoms with Crippen LogP contribution in [0.3, 0.4) is 0 Å². The first-order valence-corrected chi connectivity index (χ1v) is 9.01. The summed E-state index contributed by atoms with van der Waals surface area (Å²) in [5.74, 6) is -0.578. The maximum Gasteiger partial charge on any atom is 0.312 e. The maximum atomic E-state index is 12.9. The standard InChI is InChI=1S/C18H25N3O6/c1-26-13-7-8-14(15(11-13)21(24)25)19-18(23)16(12-17(22)27-2)20-9-5-3-4-6-10-20/h7-8,11,16H,3-6,9-10,12H2,1-2H3,(H,19,23)/p+1/t16-/m0/s1. The minimum Gasteiger partial charge on any atom is -0.496 e. The minimum atomic E-state index is -0.655. The summed E-state index contributed by atoms with van der Waals surface area (Å²) in [6.07, 6.45) is 4.08. The van der Waals surface area contributed by atoms with E-state index < -0.39 is 22.8 Å². The normalized spacial score (nSPS) is 16.1. The Bertz CT molecular complexity index is 686. The van der Waals surface area contributed by atoms with Crippen LogP contribution in [0.2, 0.25) is 0 Å². The van der Waals surface area contributed by atoms with Gasteiger partial charge in [-0.05, 0) is 37.8 Å². The van der Waals surface area contributed by atoms with Gasteiger partial charge in [-0.3, -0.25) is 19.7 Å². The molecule has 2 N–H and O–H groups in total. The van der Waals surface area contributed by atoms with Crippen LogP contribution >= 0.6 is 0 Å². The fourth-order valence-electron chi connectivity index (χ4n) is 3.32. The number of amides is 1. The van der Waals surface area contributed by atoms with Crippen molar-refractivity contribution in [1.29, 1.82) is 0 Å². The molecule has 1 heterocycles. The van der Waals surface area contributed by atoms with E-state index >= 15 is 0 Å². The minimum absolute atomic E-state index is 0.0678. The van der Waals surface area contributed by atoms with E-state index in [2.05, 4.69) is 5.32 Å². The second-order valence-electron chi connectivity index (χ2n) is 6.53. The number of ether oxygens (including phenoxy) is 2. The monoisotopic (exact) mass is 380 g/mol. The van der Waals surface area contributed by atoms with Gasteiger partial charge in [0.1, 0.15) is 17.9 Å². The highest BCUT2D eigenvalue weighted by atomic mass is 16.6. The quantitative estimate of drug-likeness (QED) is 0.413. The topological polar surface area (TPSA) is 112 Å². The molecule has 9 nitrogen and oxygen atoms in total. The number of rotatable bonds is 7. The zero-order valence-corrected chi connectivity index (χ0v) is 15.7. The zero-order valence-electron chi connectivity index (χ0n) is 15.7. The molecule has 0 spiro atoms. The van der Waals surface area contributed by atoms with E-state index in [1.54, 1.807) is 0 Å². The Labute approximate surface area is 157 Å². The number of carbonyl (C=O) groups is 2. The van der Waals surface area contributed by atoms with Crippen LogP contribution < -0.4 is 15.0 Å². The van der Waals surface area contributed by atoms with E-state index in [0.717, 1.165) is 43.7 Å². The molecule has 1 aliphatic rings. The third-order valence-corrected chi connectivity index (χ3v) is 4.81. The van der Waals surface area contributed by atoms with E-state index in [4.69, 9.17) is 9.47 Å². The number of nitro benzene ring substituents is 1. The SMILES string of the molecule is COC(=O)C[C@@H](C(=O)Nc1ccc(OC)cc1[N+](=O)[O-])[NH+]1CCCCCC1. The number of nitrogens with one attached hydrogen (secondary N) is 2. The molecular formula is C18H26N3O6+. The van der Waals surface area contributed by atoms with Crippen LogP contribution in [0.25, 0.3) is 0 Å². The highest BCUT2D eigenvalue weighted by Crippen LogP contribution is 2.29. The molecule has 1 saturated heterocycles. The summed E-state index contributed by atoms with van der Waals surface area (Å²) in [5, 5.41) is 14.0. The van der Waals surface area contributed by atoms with Gasteiger partial charge in [0.2, 0.25) is 0 Å². The molecule has 148 valence electrons. The Morgan fingerprint density at radius 2 is 1.89 bits per heavy atom. The molecule has 0 aromatic heterocycles. The molecule has 0 unspecified atom stereocenters. The van der Waals surface area contributed by atoms with E-state index in [9.17, 15) is 19.7 Å². The number of benzene rings is 1. The zero-order chi connectivity index (χ0) is 19.8. The van der Waals surface area contributed by atoms with Crippen molar-refractivity contribution in [2.45, 2.75) is 38.1 Å². The molecule has 0 radical (unpaired) electrons. The first-order valence-electron chi connectivity index (χ1n) is 9.01. The number of esters is 1. The van der Waals surface area contributed by atoms with Gasteiger partial charge in [0.15, 0.2) is 6.04 Å². The number of hydrogen-bond donors (Lipinski definition) is 2. The van der Waals surface area contributed by atoms with Crippen LogP contribution in [0.4, 0.5) is 11.4 Å². The number of nitrogens with zero attached hydrogens (tertiary/aromatic N) is 1. The van der Waals surface area contributed by atoms with Crippen LogP contribution in [-0.4, -0.2) is 50.2 Å². The molecule has 9 heteroatoms. The maximum absolute atomic E-state index is 12.9. The summed E-state index contributed by atoms with van der Waals surface area (Å²) in [6.45, 7) is 1.56. The third kappa shape index (κ3) is 5.65. The first-order chi connectivity index (χ1) is 13.0. The van der Waals surface area contributed by atoms with Crippen LogP contribution in [-0.2, 0) is 14.3 Å². The molecule has 1 atom stereocenters. The first kappa shape index (κ1) is 20.6. The van der Waals surface area contributed by atoms with E-state index in [-0.39, 0.29) is 17.8 Å². The molecule has 1 amide bonds. The summed E-state index contributed by atoms with van der Waals surface area (Å²) < 4.78 is 9.74. The summed E-state index contributed by atoms with van der Waals surface area (Å²) in [4.78, 5) is 36.5. The van der Waals surface area contributed by atoms with Gasteiger partial charge in [-0.2, -0.15) is 0 Å². The molecule has 1 aliphatic heterocycles. The number of carbonyl (C=O) groups excluding carboxylic acids is 2. The lowest BCUT2D eigenvalue weighted by molar-refractivity contribution is -0.914. The smallest absolute Gasteiger partial charge is 0.312 e. The molecule has 0 saturated carbocycles. The molecule has 1 aromatic carbocycles. The van der Waals surface area contributed by atoms with Gasteiger partial charge in [-0.25, -0.2) is 0 Å². The number of methoxy groups -OCH3 is 2. The Balaban J connectivity index is 2.24. The Morgan fingerprint density at radius 3 is 2.44 bits per heavy atom. The second kappa shape index (κ2) is 9.86. The molecule has 0 bridgehead atoms. The van der Waals surface area contributed by atoms with Gasteiger partial charge in [0.05, 0.1) is 38.3 Å². The van der Waals surface area contributed by atoms with Crippen LogP contribution in [0.15, 0.2) is 18.2 Å². The molecular weight excluding hydrogens is 354 g/mol. The summed E-state index contributed by atoms with van der Waals surface area (Å²) in [7, 11) is 2.69. The Kier molecular flexibility index (Phi) is 7.54. The molecule has 1 aromatic rings. The number of hydrogen-bond acceptors (Lipinski definition) is 6. The lowest BCUT2D eigenvalue weighted by Crippen LogP contribution is -3.17. The van der Waals surface area contributed by atoms with Gasteiger partial charge in [0.25, 0.3) is 11.6 Å². The predicted octanol–water partition coefficient (Wildman–Crippen LogP) is 0.932. The summed E-state index contributed by atoms with van der Waals surface area (Å²) >= 11 is 0. The number of anilines is 1. The van der Waals surface area contributed by atoms with Gasteiger partial charge in [0, 0.05) is 0 Å². The van der Waals surface area contributed by atoms with Crippen molar-refractivity contribution in [1.82, 2.24) is 0 Å². The van der Waals surface area contributed by atoms with Gasteiger partial charge >= 0.3 is 5.97 Å². The third-order valence-electron chi connectivity index (χ3n) is 4.81. The van der Waals surface area contributed by atoms with E-state index in [1.165, 1.54) is 32.4 Å². The Morgan fingerprint density at radius 1 is 1.22 bits per heavy atom. The van der Waals surface area contributed by atoms with E-state index in [0.29, 0.717) is 5.75 Å². The van der Waals surface area contributed by atoms with Gasteiger partial charge < -0.3 is 19.7 Å². The van der Waals surface area contributed by atoms with E-state index in [1.807, 2.05) is 0 Å². The number of quaternary nitrogens is 1. The van der Waals surface area contributed by atoms with Crippen molar-refractivity contribution in [3.63, 3.8) is 0 Å². The highest BCUT2D eigenvalue weighted by molar-refractivity contribution is 5.97. The predicted molar refractivity (Wildman–Crippen MR) is 97.9 cm³/mol. The molecule has 2 rings (SSSR count). The number of nitro groups is 1. The average Bonchev–Trinajstić information content (AvgIpc) is 2.95. The number of likely N-dealkylation sites (tertiary alicyclic amines) is 1. The second-order valence-corrected chi connectivity index (χ2v) is 6.53.